The summed E-state index contributed by atoms with van der Waals surface area (Å²) >= 11 is 0. The van der Waals surface area contributed by atoms with Gasteiger partial charge >= 0.3 is 0 Å². The van der Waals surface area contributed by atoms with Crippen molar-refractivity contribution in [1.82, 2.24) is 20.5 Å². The SMILES string of the molecule is CCC(NC(=O)C1CCCCC1C)c1nnc(C2CCCC2)[nH]c1=O. The van der Waals surface area contributed by atoms with Crippen molar-refractivity contribution in [2.24, 2.45) is 11.8 Å². The molecular formula is C19H30N4O2. The molecule has 3 unspecified atom stereocenters. The lowest BCUT2D eigenvalue weighted by Gasteiger charge is -2.29. The van der Waals surface area contributed by atoms with Gasteiger partial charge in [-0.25, -0.2) is 0 Å². The van der Waals surface area contributed by atoms with Gasteiger partial charge in [-0.2, -0.15) is 0 Å². The molecule has 1 amide bonds. The monoisotopic (exact) mass is 346 g/mol. The Hall–Kier alpha value is -1.72. The summed E-state index contributed by atoms with van der Waals surface area (Å²) in [6, 6.07) is -0.365. The van der Waals surface area contributed by atoms with Gasteiger partial charge in [0.2, 0.25) is 5.91 Å². The number of amides is 1. The first kappa shape index (κ1) is 18.1. The number of H-pyrrole nitrogens is 1. The van der Waals surface area contributed by atoms with Gasteiger partial charge in [-0.15, -0.1) is 10.2 Å². The first-order valence-corrected chi connectivity index (χ1v) is 9.87. The molecule has 3 atom stereocenters. The van der Waals surface area contributed by atoms with Crippen LogP contribution in [0.15, 0.2) is 4.79 Å². The average molecular weight is 346 g/mol. The lowest BCUT2D eigenvalue weighted by atomic mass is 9.80. The second kappa shape index (κ2) is 8.11. The molecule has 2 aliphatic rings. The van der Waals surface area contributed by atoms with Crippen LogP contribution in [0.2, 0.25) is 0 Å². The summed E-state index contributed by atoms with van der Waals surface area (Å²) in [4.78, 5) is 28.1. The van der Waals surface area contributed by atoms with Crippen molar-refractivity contribution < 1.29 is 4.79 Å². The first-order chi connectivity index (χ1) is 12.1. The summed E-state index contributed by atoms with van der Waals surface area (Å²) < 4.78 is 0. The van der Waals surface area contributed by atoms with Crippen LogP contribution in [0, 0.1) is 11.8 Å². The fourth-order valence-electron chi connectivity index (χ4n) is 4.32. The minimum atomic E-state index is -0.365. The van der Waals surface area contributed by atoms with Gasteiger partial charge in [0, 0.05) is 11.8 Å². The molecule has 6 nitrogen and oxygen atoms in total. The van der Waals surface area contributed by atoms with E-state index in [2.05, 4.69) is 27.4 Å². The Morgan fingerprint density at radius 1 is 1.16 bits per heavy atom. The molecule has 0 radical (unpaired) electrons. The number of hydrogen-bond acceptors (Lipinski definition) is 4. The van der Waals surface area contributed by atoms with Crippen LogP contribution in [0.1, 0.15) is 95.1 Å². The van der Waals surface area contributed by atoms with Crippen LogP contribution < -0.4 is 10.9 Å². The number of hydrogen-bond donors (Lipinski definition) is 2. The zero-order valence-corrected chi connectivity index (χ0v) is 15.4. The molecular weight excluding hydrogens is 316 g/mol. The van der Waals surface area contributed by atoms with E-state index in [1.54, 1.807) is 0 Å². The van der Waals surface area contributed by atoms with Crippen molar-refractivity contribution in [2.75, 3.05) is 0 Å². The van der Waals surface area contributed by atoms with Crippen LogP contribution in [0.3, 0.4) is 0 Å². The van der Waals surface area contributed by atoms with Crippen molar-refractivity contribution in [3.05, 3.63) is 21.9 Å². The van der Waals surface area contributed by atoms with E-state index in [0.29, 0.717) is 29.8 Å². The zero-order chi connectivity index (χ0) is 17.8. The topological polar surface area (TPSA) is 87.7 Å². The van der Waals surface area contributed by atoms with Crippen molar-refractivity contribution in [3.63, 3.8) is 0 Å². The van der Waals surface area contributed by atoms with E-state index in [-0.39, 0.29) is 23.4 Å². The minimum Gasteiger partial charge on any atom is -0.347 e. The lowest BCUT2D eigenvalue weighted by Crippen LogP contribution is -2.40. The number of nitrogens with one attached hydrogen (secondary N) is 2. The van der Waals surface area contributed by atoms with Crippen LogP contribution in [0.4, 0.5) is 0 Å². The second-order valence-corrected chi connectivity index (χ2v) is 7.74. The minimum absolute atomic E-state index is 0.0487. The molecule has 0 spiro atoms. The quantitative estimate of drug-likeness (QED) is 0.857. The van der Waals surface area contributed by atoms with Gasteiger partial charge in [0.25, 0.3) is 5.56 Å². The molecule has 2 fully saturated rings. The predicted octanol–water partition coefficient (Wildman–Crippen LogP) is 3.22. The molecule has 25 heavy (non-hydrogen) atoms. The smallest absolute Gasteiger partial charge is 0.275 e. The highest BCUT2D eigenvalue weighted by atomic mass is 16.2. The third-order valence-electron chi connectivity index (χ3n) is 5.98. The molecule has 6 heteroatoms. The highest BCUT2D eigenvalue weighted by molar-refractivity contribution is 5.79. The van der Waals surface area contributed by atoms with Crippen molar-refractivity contribution in [1.29, 1.82) is 0 Å². The normalized spacial score (nSPS) is 25.7. The zero-order valence-electron chi connectivity index (χ0n) is 15.4. The molecule has 0 aliphatic heterocycles. The maximum atomic E-state index is 12.7. The van der Waals surface area contributed by atoms with E-state index in [1.807, 2.05) is 6.92 Å². The van der Waals surface area contributed by atoms with Gasteiger partial charge < -0.3 is 10.3 Å². The van der Waals surface area contributed by atoms with Crippen LogP contribution in [0.5, 0.6) is 0 Å². The molecule has 0 aromatic carbocycles. The Morgan fingerprint density at radius 3 is 2.48 bits per heavy atom. The summed E-state index contributed by atoms with van der Waals surface area (Å²) in [7, 11) is 0. The Bertz CT molecular complexity index is 651. The molecule has 1 heterocycles. The van der Waals surface area contributed by atoms with Crippen LogP contribution in [-0.4, -0.2) is 21.1 Å². The highest BCUT2D eigenvalue weighted by Crippen LogP contribution is 2.32. The Kier molecular flexibility index (Phi) is 5.86. The van der Waals surface area contributed by atoms with Crippen LogP contribution in [-0.2, 0) is 4.79 Å². The second-order valence-electron chi connectivity index (χ2n) is 7.74. The van der Waals surface area contributed by atoms with E-state index in [4.69, 9.17) is 0 Å². The molecule has 2 N–H and O–H groups in total. The molecule has 1 aromatic heterocycles. The molecule has 0 saturated heterocycles. The summed E-state index contributed by atoms with van der Waals surface area (Å²) in [5.74, 6) is 1.54. The largest absolute Gasteiger partial charge is 0.347 e. The van der Waals surface area contributed by atoms with E-state index >= 15 is 0 Å². The predicted molar refractivity (Wildman–Crippen MR) is 96.2 cm³/mol. The van der Waals surface area contributed by atoms with Crippen molar-refractivity contribution in [3.8, 4) is 0 Å². The number of carbonyl (C=O) groups is 1. The van der Waals surface area contributed by atoms with E-state index in [0.717, 1.165) is 32.1 Å². The fraction of sp³-hybridized carbons (Fsp3) is 0.789. The van der Waals surface area contributed by atoms with Crippen LogP contribution in [0.25, 0.3) is 0 Å². The van der Waals surface area contributed by atoms with Crippen LogP contribution >= 0.6 is 0 Å². The molecule has 1 aromatic rings. The van der Waals surface area contributed by atoms with Gasteiger partial charge in [0.15, 0.2) is 5.69 Å². The first-order valence-electron chi connectivity index (χ1n) is 9.87. The number of rotatable bonds is 5. The highest BCUT2D eigenvalue weighted by Gasteiger charge is 2.30. The average Bonchev–Trinajstić information content (AvgIpc) is 3.15. The number of aromatic nitrogens is 3. The van der Waals surface area contributed by atoms with E-state index in [9.17, 15) is 9.59 Å². The molecule has 3 rings (SSSR count). The Labute approximate surface area is 149 Å². The third-order valence-corrected chi connectivity index (χ3v) is 5.98. The fourth-order valence-corrected chi connectivity index (χ4v) is 4.32. The Morgan fingerprint density at radius 2 is 1.84 bits per heavy atom. The summed E-state index contributed by atoms with van der Waals surface area (Å²) in [5.41, 5.74) is 0.127. The molecule has 2 saturated carbocycles. The van der Waals surface area contributed by atoms with Crippen molar-refractivity contribution in [2.45, 2.75) is 83.6 Å². The summed E-state index contributed by atoms with van der Waals surface area (Å²) in [6.45, 7) is 4.11. The van der Waals surface area contributed by atoms with Gasteiger partial charge in [0.05, 0.1) is 6.04 Å². The number of nitrogens with zero attached hydrogens (tertiary/aromatic N) is 2. The maximum Gasteiger partial charge on any atom is 0.275 e. The lowest BCUT2D eigenvalue weighted by molar-refractivity contribution is -0.128. The molecule has 138 valence electrons. The number of aromatic amines is 1. The maximum absolute atomic E-state index is 12.7. The van der Waals surface area contributed by atoms with E-state index in [1.165, 1.54) is 19.3 Å². The standard InChI is InChI=1S/C19H30N4O2/c1-3-15(20-18(24)14-11-7-4-8-12(14)2)16-19(25)21-17(23-22-16)13-9-5-6-10-13/h12-15H,3-11H2,1-2H3,(H,20,24)(H,21,23,25). The van der Waals surface area contributed by atoms with Gasteiger partial charge in [-0.05, 0) is 38.0 Å². The summed E-state index contributed by atoms with van der Waals surface area (Å²) in [5, 5.41) is 11.5. The molecule has 0 bridgehead atoms. The van der Waals surface area contributed by atoms with Gasteiger partial charge in [-0.3, -0.25) is 9.59 Å². The Balaban J connectivity index is 1.71. The van der Waals surface area contributed by atoms with Crippen molar-refractivity contribution >= 4 is 5.91 Å². The van der Waals surface area contributed by atoms with Gasteiger partial charge in [-0.1, -0.05) is 39.5 Å². The van der Waals surface area contributed by atoms with Gasteiger partial charge in [0.1, 0.15) is 5.82 Å². The molecule has 2 aliphatic carbocycles. The van der Waals surface area contributed by atoms with E-state index < -0.39 is 0 Å². The summed E-state index contributed by atoms with van der Waals surface area (Å²) in [6.07, 6.45) is 9.48. The third kappa shape index (κ3) is 4.10. The number of carbonyl (C=O) groups excluding carboxylic acids is 1.